The van der Waals surface area contributed by atoms with Crippen LogP contribution in [0.1, 0.15) is 29.1 Å². The van der Waals surface area contributed by atoms with Crippen molar-refractivity contribution in [3.8, 4) is 5.75 Å². The van der Waals surface area contributed by atoms with E-state index in [9.17, 15) is 4.79 Å². The van der Waals surface area contributed by atoms with Crippen LogP contribution in [0.3, 0.4) is 0 Å². The Bertz CT molecular complexity index is 844. The van der Waals surface area contributed by atoms with Gasteiger partial charge in [-0.15, -0.1) is 11.3 Å². The number of carbonyl (C=O) groups is 1. The lowest BCUT2D eigenvalue weighted by atomic mass is 10.2. The van der Waals surface area contributed by atoms with Gasteiger partial charge in [0.1, 0.15) is 5.75 Å². The number of ether oxygens (including phenoxy) is 1. The fourth-order valence-electron chi connectivity index (χ4n) is 2.51. The zero-order chi connectivity index (χ0) is 19.1. The minimum absolute atomic E-state index is 0.0834. The molecule has 0 unspecified atom stereocenters. The maximum Gasteiger partial charge on any atom is 0.264 e. The highest BCUT2D eigenvalue weighted by Gasteiger charge is 2.13. The summed E-state index contributed by atoms with van der Waals surface area (Å²) in [5.74, 6) is 1.86. The van der Waals surface area contributed by atoms with Crippen LogP contribution < -0.4 is 4.74 Å². The third-order valence-electron chi connectivity index (χ3n) is 4.21. The Morgan fingerprint density at radius 1 is 1.26 bits per heavy atom. The summed E-state index contributed by atoms with van der Waals surface area (Å²) in [5, 5.41) is 5.94. The Morgan fingerprint density at radius 3 is 2.78 bits per heavy atom. The average Bonchev–Trinajstić information content (AvgIpc) is 3.36. The first-order chi connectivity index (χ1) is 13.1. The second-order valence-electron chi connectivity index (χ2n) is 6.21. The second kappa shape index (κ2) is 9.32. The van der Waals surface area contributed by atoms with E-state index in [4.69, 9.17) is 9.26 Å². The molecule has 0 bridgehead atoms. The fourth-order valence-corrected chi connectivity index (χ4v) is 3.20. The highest BCUT2D eigenvalue weighted by Crippen LogP contribution is 2.14. The van der Waals surface area contributed by atoms with E-state index in [1.54, 1.807) is 23.3 Å². The van der Waals surface area contributed by atoms with Crippen LogP contribution in [0.25, 0.3) is 0 Å². The van der Waals surface area contributed by atoms with Gasteiger partial charge in [-0.3, -0.25) is 4.79 Å². The van der Waals surface area contributed by atoms with Gasteiger partial charge in [0, 0.05) is 24.9 Å². The number of rotatable bonds is 9. The number of aryl methyl sites for hydroxylation is 1. The highest BCUT2D eigenvalue weighted by molar-refractivity contribution is 7.10. The molecule has 0 spiro atoms. The maximum atomic E-state index is 12.2. The van der Waals surface area contributed by atoms with Crippen LogP contribution in [0, 0.1) is 0 Å². The quantitative estimate of drug-likeness (QED) is 0.564. The molecule has 7 heteroatoms. The largest absolute Gasteiger partial charge is 0.484 e. The molecular formula is C20H23N3O3S. The molecule has 0 fully saturated rings. The number of benzene rings is 1. The predicted molar refractivity (Wildman–Crippen MR) is 104 cm³/mol. The van der Waals surface area contributed by atoms with E-state index in [2.05, 4.69) is 17.1 Å². The van der Waals surface area contributed by atoms with Crippen molar-refractivity contribution >= 4 is 17.2 Å². The molecule has 6 nitrogen and oxygen atoms in total. The van der Waals surface area contributed by atoms with Crippen LogP contribution in [0.4, 0.5) is 0 Å². The molecule has 27 heavy (non-hydrogen) atoms. The van der Waals surface area contributed by atoms with E-state index in [1.807, 2.05) is 41.8 Å². The van der Waals surface area contributed by atoms with Crippen LogP contribution in [-0.2, 0) is 30.7 Å². The molecule has 0 saturated carbocycles. The van der Waals surface area contributed by atoms with Crippen LogP contribution in [0.5, 0.6) is 5.75 Å². The molecule has 2 heterocycles. The molecule has 0 radical (unpaired) electrons. The number of thiophene rings is 1. The van der Waals surface area contributed by atoms with Gasteiger partial charge >= 0.3 is 0 Å². The molecule has 0 aliphatic heterocycles. The first-order valence-corrected chi connectivity index (χ1v) is 9.81. The van der Waals surface area contributed by atoms with E-state index in [1.165, 1.54) is 5.56 Å². The Morgan fingerprint density at radius 2 is 2.07 bits per heavy atom. The third kappa shape index (κ3) is 5.65. The van der Waals surface area contributed by atoms with E-state index in [0.29, 0.717) is 31.1 Å². The van der Waals surface area contributed by atoms with E-state index in [-0.39, 0.29) is 12.5 Å². The maximum absolute atomic E-state index is 12.2. The number of amides is 1. The average molecular weight is 385 g/mol. The number of carbonyl (C=O) groups excluding carboxylic acids is 1. The number of hydrogen-bond acceptors (Lipinski definition) is 6. The predicted octanol–water partition coefficient (Wildman–Crippen LogP) is 3.52. The van der Waals surface area contributed by atoms with E-state index < -0.39 is 0 Å². The lowest BCUT2D eigenvalue weighted by Crippen LogP contribution is -2.30. The van der Waals surface area contributed by atoms with Gasteiger partial charge in [0.2, 0.25) is 5.91 Å². The fraction of sp³-hybridized carbons (Fsp3) is 0.350. The van der Waals surface area contributed by atoms with Crippen molar-refractivity contribution in [2.75, 3.05) is 13.6 Å². The standard InChI is InChI=1S/C20H23N3O3S/c1-3-15-6-8-16(9-7-15)25-14-19-21-18(22-26-19)10-11-23(2)20(24)13-17-5-4-12-27-17/h4-9,12H,3,10-11,13-14H2,1-2H3. The zero-order valence-corrected chi connectivity index (χ0v) is 16.4. The van der Waals surface area contributed by atoms with Gasteiger partial charge in [-0.2, -0.15) is 4.98 Å². The molecule has 142 valence electrons. The Labute approximate surface area is 162 Å². The molecule has 3 aromatic rings. The summed E-state index contributed by atoms with van der Waals surface area (Å²) in [5.41, 5.74) is 1.26. The molecule has 1 amide bonds. The summed E-state index contributed by atoms with van der Waals surface area (Å²) in [6.07, 6.45) is 1.97. The van der Waals surface area contributed by atoms with Crippen LogP contribution in [0.15, 0.2) is 46.3 Å². The van der Waals surface area contributed by atoms with Crippen LogP contribution >= 0.6 is 11.3 Å². The Kier molecular flexibility index (Phi) is 6.59. The van der Waals surface area contributed by atoms with Gasteiger partial charge in [-0.25, -0.2) is 0 Å². The van der Waals surface area contributed by atoms with Gasteiger partial charge in [0.05, 0.1) is 6.42 Å². The van der Waals surface area contributed by atoms with Crippen molar-refractivity contribution in [3.05, 3.63) is 63.9 Å². The second-order valence-corrected chi connectivity index (χ2v) is 7.24. The normalized spacial score (nSPS) is 10.7. The molecule has 0 atom stereocenters. The van der Waals surface area contributed by atoms with E-state index in [0.717, 1.165) is 17.0 Å². The number of likely N-dealkylation sites (N-methyl/N-ethyl adjacent to an activating group) is 1. The van der Waals surface area contributed by atoms with Crippen molar-refractivity contribution in [2.45, 2.75) is 32.8 Å². The van der Waals surface area contributed by atoms with Gasteiger partial charge in [-0.1, -0.05) is 30.3 Å². The van der Waals surface area contributed by atoms with Crippen molar-refractivity contribution in [1.82, 2.24) is 15.0 Å². The summed E-state index contributed by atoms with van der Waals surface area (Å²) in [7, 11) is 1.79. The first kappa shape index (κ1) is 19.1. The minimum atomic E-state index is 0.0834. The lowest BCUT2D eigenvalue weighted by Gasteiger charge is -2.15. The molecule has 0 N–H and O–H groups in total. The Hall–Kier alpha value is -2.67. The van der Waals surface area contributed by atoms with Gasteiger partial charge < -0.3 is 14.2 Å². The minimum Gasteiger partial charge on any atom is -0.484 e. The summed E-state index contributed by atoms with van der Waals surface area (Å²) < 4.78 is 10.9. The summed E-state index contributed by atoms with van der Waals surface area (Å²) in [6, 6.07) is 11.9. The smallest absolute Gasteiger partial charge is 0.264 e. The van der Waals surface area contributed by atoms with E-state index >= 15 is 0 Å². The highest BCUT2D eigenvalue weighted by atomic mass is 32.1. The zero-order valence-electron chi connectivity index (χ0n) is 15.6. The van der Waals surface area contributed by atoms with Gasteiger partial charge in [-0.05, 0) is 35.6 Å². The van der Waals surface area contributed by atoms with Crippen molar-refractivity contribution in [2.24, 2.45) is 0 Å². The summed E-state index contributed by atoms with van der Waals surface area (Å²) in [6.45, 7) is 2.89. The summed E-state index contributed by atoms with van der Waals surface area (Å²) in [4.78, 5) is 19.3. The molecule has 0 aliphatic rings. The topological polar surface area (TPSA) is 68.5 Å². The van der Waals surface area contributed by atoms with Crippen LogP contribution in [-0.4, -0.2) is 34.5 Å². The van der Waals surface area contributed by atoms with Crippen molar-refractivity contribution < 1.29 is 14.1 Å². The van der Waals surface area contributed by atoms with Crippen molar-refractivity contribution in [3.63, 3.8) is 0 Å². The molecular weight excluding hydrogens is 362 g/mol. The van der Waals surface area contributed by atoms with Gasteiger partial charge in [0.15, 0.2) is 12.4 Å². The molecule has 2 aromatic heterocycles. The van der Waals surface area contributed by atoms with Crippen LogP contribution in [0.2, 0.25) is 0 Å². The molecule has 0 aliphatic carbocycles. The lowest BCUT2D eigenvalue weighted by molar-refractivity contribution is -0.129. The SMILES string of the molecule is CCc1ccc(OCc2nc(CCN(C)C(=O)Cc3cccs3)no2)cc1. The summed E-state index contributed by atoms with van der Waals surface area (Å²) >= 11 is 1.59. The molecule has 0 saturated heterocycles. The monoisotopic (exact) mass is 385 g/mol. The number of nitrogens with zero attached hydrogens (tertiary/aromatic N) is 3. The van der Waals surface area contributed by atoms with Crippen molar-refractivity contribution in [1.29, 1.82) is 0 Å². The first-order valence-electron chi connectivity index (χ1n) is 8.93. The third-order valence-corrected chi connectivity index (χ3v) is 5.08. The molecule has 3 rings (SSSR count). The van der Waals surface area contributed by atoms with Gasteiger partial charge in [0.25, 0.3) is 5.89 Å². The Balaban J connectivity index is 1.43. The number of hydrogen-bond donors (Lipinski definition) is 0. The molecule has 1 aromatic carbocycles. The number of aromatic nitrogens is 2.